The quantitative estimate of drug-likeness (QED) is 0.824. The first-order valence-corrected chi connectivity index (χ1v) is 7.78. The van der Waals surface area contributed by atoms with Gasteiger partial charge in [-0.05, 0) is 20.4 Å². The van der Waals surface area contributed by atoms with Crippen LogP contribution >= 0.6 is 0 Å². The van der Waals surface area contributed by atoms with E-state index < -0.39 is 0 Å². The second-order valence-electron chi connectivity index (χ2n) is 6.12. The van der Waals surface area contributed by atoms with Gasteiger partial charge in [-0.25, -0.2) is 0 Å². The molecule has 2 aliphatic heterocycles. The van der Waals surface area contributed by atoms with Crippen LogP contribution in [0.25, 0.3) is 0 Å². The fourth-order valence-corrected chi connectivity index (χ4v) is 3.30. The van der Waals surface area contributed by atoms with E-state index in [1.807, 2.05) is 13.8 Å². The number of likely N-dealkylation sites (N-methyl/N-ethyl adjacent to an activating group) is 1. The van der Waals surface area contributed by atoms with E-state index in [9.17, 15) is 0 Å². The van der Waals surface area contributed by atoms with E-state index in [1.165, 1.54) is 51.4 Å². The molecule has 3 rings (SSSR count). The average Bonchev–Trinajstić information content (AvgIpc) is 2.73. The van der Waals surface area contributed by atoms with Gasteiger partial charge in [0, 0.05) is 57.4 Å². The van der Waals surface area contributed by atoms with Crippen LogP contribution in [0.2, 0.25) is 0 Å². The number of piperazine rings is 1. The van der Waals surface area contributed by atoms with Crippen molar-refractivity contribution >= 4 is 0 Å². The molecule has 0 atom stereocenters. The molecule has 0 amide bonds. The number of hydrogen-bond donors (Lipinski definition) is 0. The smallest absolute Gasteiger partial charge is 0.138 e. The topological polar surface area (TPSA) is 35.8 Å². The summed E-state index contributed by atoms with van der Waals surface area (Å²) in [5, 5.41) is 4.04. The molecule has 20 heavy (non-hydrogen) atoms. The second kappa shape index (κ2) is 5.84. The molecule has 0 spiro atoms. The van der Waals surface area contributed by atoms with Crippen LogP contribution in [0, 0.1) is 13.8 Å². The third-order valence-electron chi connectivity index (χ3n) is 4.87. The molecular formula is C15H26N4O. The van der Waals surface area contributed by atoms with Gasteiger partial charge in [0.2, 0.25) is 0 Å². The van der Waals surface area contributed by atoms with Crippen LogP contribution in [0.1, 0.15) is 23.9 Å². The van der Waals surface area contributed by atoms with Gasteiger partial charge in [0.1, 0.15) is 5.76 Å². The molecule has 0 unspecified atom stereocenters. The van der Waals surface area contributed by atoms with E-state index in [2.05, 4.69) is 26.8 Å². The highest BCUT2D eigenvalue weighted by Crippen LogP contribution is 2.22. The zero-order chi connectivity index (χ0) is 14.1. The van der Waals surface area contributed by atoms with Crippen molar-refractivity contribution in [1.82, 2.24) is 19.9 Å². The molecule has 112 valence electrons. The standard InChI is InChI=1S/C15H26N4O/c1-4-17-5-7-19(8-6-17)14-9-18(10-14)11-15-12(2)16-20-13(15)3/h14H,4-11H2,1-3H3. The molecule has 0 aromatic carbocycles. The fraction of sp³-hybridized carbons (Fsp3) is 0.800. The highest BCUT2D eigenvalue weighted by atomic mass is 16.5. The summed E-state index contributed by atoms with van der Waals surface area (Å²) in [4.78, 5) is 7.70. The number of likely N-dealkylation sites (tertiary alicyclic amines) is 1. The van der Waals surface area contributed by atoms with Crippen LogP contribution in [0.3, 0.4) is 0 Å². The maximum Gasteiger partial charge on any atom is 0.138 e. The van der Waals surface area contributed by atoms with Gasteiger partial charge in [-0.15, -0.1) is 0 Å². The van der Waals surface area contributed by atoms with Crippen LogP contribution < -0.4 is 0 Å². The van der Waals surface area contributed by atoms with Gasteiger partial charge in [-0.2, -0.15) is 0 Å². The molecule has 5 nitrogen and oxygen atoms in total. The number of aryl methyl sites for hydroxylation is 2. The first-order chi connectivity index (χ1) is 9.67. The molecule has 2 aliphatic rings. The van der Waals surface area contributed by atoms with Gasteiger partial charge in [-0.3, -0.25) is 9.80 Å². The largest absolute Gasteiger partial charge is 0.361 e. The molecule has 0 aliphatic carbocycles. The van der Waals surface area contributed by atoms with Crippen LogP contribution in [0.4, 0.5) is 0 Å². The van der Waals surface area contributed by atoms with Gasteiger partial charge in [0.15, 0.2) is 0 Å². The minimum absolute atomic E-state index is 0.759. The average molecular weight is 278 g/mol. The van der Waals surface area contributed by atoms with Gasteiger partial charge in [-0.1, -0.05) is 12.1 Å². The Kier molecular flexibility index (Phi) is 4.10. The summed E-state index contributed by atoms with van der Waals surface area (Å²) >= 11 is 0. The van der Waals surface area contributed by atoms with Crippen molar-refractivity contribution < 1.29 is 4.52 Å². The molecule has 3 heterocycles. The Bertz CT molecular complexity index is 425. The van der Waals surface area contributed by atoms with E-state index >= 15 is 0 Å². The minimum atomic E-state index is 0.759. The van der Waals surface area contributed by atoms with E-state index in [1.54, 1.807) is 0 Å². The normalized spacial score (nSPS) is 23.1. The Hall–Kier alpha value is -0.910. The van der Waals surface area contributed by atoms with Crippen molar-refractivity contribution in [3.05, 3.63) is 17.0 Å². The molecule has 5 heteroatoms. The van der Waals surface area contributed by atoms with Crippen LogP contribution in [0.5, 0.6) is 0 Å². The highest BCUT2D eigenvalue weighted by Gasteiger charge is 2.33. The Labute approximate surface area is 121 Å². The zero-order valence-electron chi connectivity index (χ0n) is 12.9. The monoisotopic (exact) mass is 278 g/mol. The summed E-state index contributed by atoms with van der Waals surface area (Å²) in [6.07, 6.45) is 0. The van der Waals surface area contributed by atoms with E-state index in [0.717, 1.165) is 24.0 Å². The maximum absolute atomic E-state index is 5.24. The van der Waals surface area contributed by atoms with Crippen molar-refractivity contribution in [3.63, 3.8) is 0 Å². The highest BCUT2D eigenvalue weighted by molar-refractivity contribution is 5.21. The number of rotatable bonds is 4. The molecule has 0 N–H and O–H groups in total. The third-order valence-corrected chi connectivity index (χ3v) is 4.87. The predicted molar refractivity (Wildman–Crippen MR) is 78.7 cm³/mol. The molecule has 0 radical (unpaired) electrons. The van der Waals surface area contributed by atoms with Gasteiger partial charge in [0.05, 0.1) is 5.69 Å². The molecule has 2 saturated heterocycles. The molecule has 0 saturated carbocycles. The summed E-state index contributed by atoms with van der Waals surface area (Å²) in [6.45, 7) is 15.8. The fourth-order valence-electron chi connectivity index (χ4n) is 3.30. The Morgan fingerprint density at radius 2 is 1.80 bits per heavy atom. The summed E-state index contributed by atoms with van der Waals surface area (Å²) in [6, 6.07) is 0.759. The summed E-state index contributed by atoms with van der Waals surface area (Å²) in [5.41, 5.74) is 2.32. The summed E-state index contributed by atoms with van der Waals surface area (Å²) < 4.78 is 5.24. The summed E-state index contributed by atoms with van der Waals surface area (Å²) in [7, 11) is 0. The van der Waals surface area contributed by atoms with Gasteiger partial charge >= 0.3 is 0 Å². The maximum atomic E-state index is 5.24. The second-order valence-corrected chi connectivity index (χ2v) is 6.12. The van der Waals surface area contributed by atoms with Crippen molar-refractivity contribution in [2.45, 2.75) is 33.4 Å². The molecule has 2 fully saturated rings. The zero-order valence-corrected chi connectivity index (χ0v) is 12.9. The van der Waals surface area contributed by atoms with E-state index in [0.29, 0.717) is 0 Å². The van der Waals surface area contributed by atoms with Gasteiger partial charge in [0.25, 0.3) is 0 Å². The molecule has 0 bridgehead atoms. The van der Waals surface area contributed by atoms with Gasteiger partial charge < -0.3 is 9.42 Å². The Balaban J connectivity index is 1.45. The molecule has 1 aromatic rings. The Morgan fingerprint density at radius 1 is 1.10 bits per heavy atom. The van der Waals surface area contributed by atoms with Crippen molar-refractivity contribution in [2.75, 3.05) is 45.8 Å². The Morgan fingerprint density at radius 3 is 2.35 bits per heavy atom. The van der Waals surface area contributed by atoms with E-state index in [-0.39, 0.29) is 0 Å². The number of hydrogen-bond acceptors (Lipinski definition) is 5. The lowest BCUT2D eigenvalue weighted by atomic mass is 10.0. The van der Waals surface area contributed by atoms with Crippen molar-refractivity contribution in [2.24, 2.45) is 0 Å². The predicted octanol–water partition coefficient (Wildman–Crippen LogP) is 1.11. The van der Waals surface area contributed by atoms with Crippen LogP contribution in [-0.2, 0) is 6.54 Å². The summed E-state index contributed by atoms with van der Waals surface area (Å²) in [5.74, 6) is 0.975. The van der Waals surface area contributed by atoms with Crippen LogP contribution in [-0.4, -0.2) is 71.7 Å². The lowest BCUT2D eigenvalue weighted by Crippen LogP contribution is -2.62. The third kappa shape index (κ3) is 2.75. The van der Waals surface area contributed by atoms with Crippen molar-refractivity contribution in [1.29, 1.82) is 0 Å². The molecule has 1 aromatic heterocycles. The lowest BCUT2D eigenvalue weighted by molar-refractivity contribution is 0.00188. The first kappa shape index (κ1) is 14.0. The molecular weight excluding hydrogens is 252 g/mol. The number of nitrogens with zero attached hydrogens (tertiary/aromatic N) is 4. The minimum Gasteiger partial charge on any atom is -0.361 e. The van der Waals surface area contributed by atoms with E-state index in [4.69, 9.17) is 4.52 Å². The van der Waals surface area contributed by atoms with Crippen LogP contribution in [0.15, 0.2) is 4.52 Å². The first-order valence-electron chi connectivity index (χ1n) is 7.78. The van der Waals surface area contributed by atoms with Crippen molar-refractivity contribution in [3.8, 4) is 0 Å². The number of aromatic nitrogens is 1. The lowest BCUT2D eigenvalue weighted by Gasteiger charge is -2.48. The SMILES string of the molecule is CCN1CCN(C2CN(Cc3c(C)noc3C)C2)CC1.